The SMILES string of the molecule is C=C/C(Cl)=C(\C=C(/C)CNC(=C)C(C)C)c1nc(/C(C)=C/C(=C)C)cc(=O)[nH]1. The molecule has 4 nitrogen and oxygen atoms in total. The molecular formula is C23H30ClN3O. The lowest BCUT2D eigenvalue weighted by atomic mass is 10.1. The first-order valence-corrected chi connectivity index (χ1v) is 9.50. The van der Waals surface area contributed by atoms with Crippen LogP contribution in [0.3, 0.4) is 0 Å². The largest absolute Gasteiger partial charge is 0.385 e. The van der Waals surface area contributed by atoms with Gasteiger partial charge >= 0.3 is 0 Å². The van der Waals surface area contributed by atoms with E-state index in [0.717, 1.165) is 22.4 Å². The van der Waals surface area contributed by atoms with Crippen LogP contribution in [0.5, 0.6) is 0 Å². The Morgan fingerprint density at radius 3 is 2.46 bits per heavy atom. The fraction of sp³-hybridized carbons (Fsp3) is 0.304. The molecule has 1 aromatic heterocycles. The third-order valence-corrected chi connectivity index (χ3v) is 4.34. The predicted molar refractivity (Wildman–Crippen MR) is 122 cm³/mol. The number of aromatic nitrogens is 2. The maximum absolute atomic E-state index is 12.2. The average Bonchev–Trinajstić information content (AvgIpc) is 2.62. The molecule has 28 heavy (non-hydrogen) atoms. The van der Waals surface area contributed by atoms with Crippen molar-refractivity contribution >= 4 is 22.7 Å². The molecule has 0 spiro atoms. The second-order valence-electron chi connectivity index (χ2n) is 7.14. The highest BCUT2D eigenvalue weighted by Crippen LogP contribution is 2.23. The van der Waals surface area contributed by atoms with Crippen LogP contribution in [0.15, 0.2) is 70.7 Å². The Kier molecular flexibility index (Phi) is 8.93. The molecule has 150 valence electrons. The number of allylic oxidation sites excluding steroid dienone is 8. The lowest BCUT2D eigenvalue weighted by molar-refractivity contribution is 0.677. The molecule has 0 saturated heterocycles. The van der Waals surface area contributed by atoms with E-state index in [-0.39, 0.29) is 5.56 Å². The van der Waals surface area contributed by atoms with E-state index in [4.69, 9.17) is 11.6 Å². The smallest absolute Gasteiger partial charge is 0.251 e. The van der Waals surface area contributed by atoms with E-state index in [2.05, 4.69) is 48.9 Å². The number of nitrogens with zero attached hydrogens (tertiary/aromatic N) is 1. The standard InChI is InChI=1S/C23H30ClN3O/c1-9-20(24)19(11-16(6)13-25-18(8)15(4)5)23-26-21(12-22(28)27-23)17(7)10-14(2)3/h9-12,15,25H,1-2,8,13H2,3-7H3,(H,26,27,28)/b16-11+,17-10+,20-19-. The molecule has 0 fully saturated rings. The highest BCUT2D eigenvalue weighted by Gasteiger charge is 2.11. The molecule has 1 heterocycles. The van der Waals surface area contributed by atoms with Crippen molar-refractivity contribution in [1.29, 1.82) is 0 Å². The van der Waals surface area contributed by atoms with E-state index in [1.54, 1.807) is 0 Å². The zero-order valence-electron chi connectivity index (χ0n) is 17.4. The minimum absolute atomic E-state index is 0.252. The Morgan fingerprint density at radius 1 is 1.29 bits per heavy atom. The van der Waals surface area contributed by atoms with Crippen molar-refractivity contribution in [3.63, 3.8) is 0 Å². The molecule has 1 aromatic rings. The molecule has 0 saturated carbocycles. The van der Waals surface area contributed by atoms with Crippen molar-refractivity contribution < 1.29 is 0 Å². The van der Waals surface area contributed by atoms with Crippen LogP contribution in [0.1, 0.15) is 46.1 Å². The summed E-state index contributed by atoms with van der Waals surface area (Å²) in [4.78, 5) is 19.6. The summed E-state index contributed by atoms with van der Waals surface area (Å²) in [5.41, 5.74) is 4.63. The van der Waals surface area contributed by atoms with Crippen LogP contribution in [0.25, 0.3) is 11.1 Å². The summed E-state index contributed by atoms with van der Waals surface area (Å²) in [7, 11) is 0. The van der Waals surface area contributed by atoms with Gasteiger partial charge in [0.25, 0.3) is 5.56 Å². The van der Waals surface area contributed by atoms with Gasteiger partial charge in [-0.1, -0.05) is 62.4 Å². The Labute approximate surface area is 173 Å². The Bertz CT molecular complexity index is 914. The molecule has 0 amide bonds. The predicted octanol–water partition coefficient (Wildman–Crippen LogP) is 5.59. The molecule has 0 aliphatic rings. The van der Waals surface area contributed by atoms with E-state index >= 15 is 0 Å². The third kappa shape index (κ3) is 7.20. The number of hydrogen-bond donors (Lipinski definition) is 2. The summed E-state index contributed by atoms with van der Waals surface area (Å²) < 4.78 is 0. The second kappa shape index (κ2) is 10.7. The van der Waals surface area contributed by atoms with E-state index in [0.29, 0.717) is 34.6 Å². The second-order valence-corrected chi connectivity index (χ2v) is 7.55. The first-order valence-electron chi connectivity index (χ1n) is 9.13. The molecule has 0 atom stereocenters. The van der Waals surface area contributed by atoms with E-state index < -0.39 is 0 Å². The maximum Gasteiger partial charge on any atom is 0.251 e. The highest BCUT2D eigenvalue weighted by atomic mass is 35.5. The van der Waals surface area contributed by atoms with Crippen molar-refractivity contribution in [3.8, 4) is 0 Å². The van der Waals surface area contributed by atoms with Crippen LogP contribution < -0.4 is 10.9 Å². The van der Waals surface area contributed by atoms with Gasteiger partial charge in [-0.05, 0) is 44.4 Å². The van der Waals surface area contributed by atoms with E-state index in [9.17, 15) is 4.79 Å². The van der Waals surface area contributed by atoms with Crippen molar-refractivity contribution in [2.75, 3.05) is 6.54 Å². The van der Waals surface area contributed by atoms with E-state index in [1.165, 1.54) is 12.1 Å². The van der Waals surface area contributed by atoms with Gasteiger partial charge in [-0.2, -0.15) is 0 Å². The molecule has 0 radical (unpaired) electrons. The van der Waals surface area contributed by atoms with Crippen molar-refractivity contribution in [2.24, 2.45) is 5.92 Å². The summed E-state index contributed by atoms with van der Waals surface area (Å²) in [5, 5.41) is 3.70. The molecule has 0 aromatic carbocycles. The Hall–Kier alpha value is -2.59. The molecule has 1 rings (SSSR count). The third-order valence-electron chi connectivity index (χ3n) is 3.98. The first-order chi connectivity index (χ1) is 13.0. The number of nitrogens with one attached hydrogen (secondary N) is 2. The molecule has 2 N–H and O–H groups in total. The molecular weight excluding hydrogens is 370 g/mol. The van der Waals surface area contributed by atoms with Crippen LogP contribution in [-0.2, 0) is 0 Å². The molecule has 0 unspecified atom stereocenters. The number of rotatable bonds is 9. The van der Waals surface area contributed by atoms with Gasteiger partial charge in [0.1, 0.15) is 5.82 Å². The van der Waals surface area contributed by atoms with Gasteiger partial charge in [-0.3, -0.25) is 4.79 Å². The lowest BCUT2D eigenvalue weighted by Crippen LogP contribution is -2.18. The van der Waals surface area contributed by atoms with Gasteiger partial charge in [0.15, 0.2) is 0 Å². The van der Waals surface area contributed by atoms with Crippen LogP contribution in [0, 0.1) is 5.92 Å². The summed E-state index contributed by atoms with van der Waals surface area (Å²) in [6.45, 7) is 22.1. The monoisotopic (exact) mass is 399 g/mol. The van der Waals surface area contributed by atoms with Crippen LogP contribution in [0.4, 0.5) is 0 Å². The molecule has 5 heteroatoms. The number of halogens is 1. The van der Waals surface area contributed by atoms with E-state index in [1.807, 2.05) is 32.9 Å². The van der Waals surface area contributed by atoms with Gasteiger partial charge in [-0.15, -0.1) is 0 Å². The average molecular weight is 400 g/mol. The molecule has 0 bridgehead atoms. The van der Waals surface area contributed by atoms with Crippen molar-refractivity contribution in [1.82, 2.24) is 15.3 Å². The normalized spacial score (nSPS) is 13.2. The van der Waals surface area contributed by atoms with Gasteiger partial charge in [-0.25, -0.2) is 4.98 Å². The molecule has 0 aliphatic heterocycles. The Balaban J connectivity index is 3.37. The summed E-state index contributed by atoms with van der Waals surface area (Å²) >= 11 is 6.38. The fourth-order valence-corrected chi connectivity index (χ4v) is 2.49. The van der Waals surface area contributed by atoms with Crippen LogP contribution >= 0.6 is 11.6 Å². The summed E-state index contributed by atoms with van der Waals surface area (Å²) in [6.07, 6.45) is 5.31. The topological polar surface area (TPSA) is 57.8 Å². The fourth-order valence-electron chi connectivity index (χ4n) is 2.35. The Morgan fingerprint density at radius 2 is 1.93 bits per heavy atom. The van der Waals surface area contributed by atoms with Crippen molar-refractivity contribution in [2.45, 2.75) is 34.6 Å². The number of aromatic amines is 1. The number of hydrogen-bond acceptors (Lipinski definition) is 3. The minimum Gasteiger partial charge on any atom is -0.385 e. The van der Waals surface area contributed by atoms with Crippen LogP contribution in [-0.4, -0.2) is 16.5 Å². The molecule has 0 aliphatic carbocycles. The maximum atomic E-state index is 12.2. The quantitative estimate of drug-likeness (QED) is 0.532. The van der Waals surface area contributed by atoms with Gasteiger partial charge in [0.05, 0.1) is 10.7 Å². The highest BCUT2D eigenvalue weighted by molar-refractivity contribution is 6.34. The summed E-state index contributed by atoms with van der Waals surface area (Å²) in [5.74, 6) is 0.737. The lowest BCUT2D eigenvalue weighted by Gasteiger charge is -2.13. The number of H-pyrrole nitrogens is 1. The summed E-state index contributed by atoms with van der Waals surface area (Å²) in [6, 6.07) is 1.46. The van der Waals surface area contributed by atoms with Crippen molar-refractivity contribution in [3.05, 3.63) is 87.8 Å². The van der Waals surface area contributed by atoms with Gasteiger partial charge in [0.2, 0.25) is 0 Å². The van der Waals surface area contributed by atoms with Gasteiger partial charge < -0.3 is 10.3 Å². The van der Waals surface area contributed by atoms with Crippen LogP contribution in [0.2, 0.25) is 0 Å². The zero-order chi connectivity index (χ0) is 21.4. The zero-order valence-corrected chi connectivity index (χ0v) is 18.2. The van der Waals surface area contributed by atoms with Gasteiger partial charge in [0, 0.05) is 23.9 Å². The first kappa shape index (κ1) is 23.4. The minimum atomic E-state index is -0.252.